The van der Waals surface area contributed by atoms with E-state index in [1.165, 1.54) is 0 Å². The number of benzene rings is 2. The number of aromatic nitrogens is 2. The summed E-state index contributed by atoms with van der Waals surface area (Å²) in [5.74, 6) is 1.71. The van der Waals surface area contributed by atoms with Crippen molar-refractivity contribution in [3.63, 3.8) is 0 Å². The first kappa shape index (κ1) is 12.8. The van der Waals surface area contributed by atoms with Crippen LogP contribution in [-0.2, 0) is 0 Å². The zero-order valence-electron chi connectivity index (χ0n) is 11.1. The number of H-pyrrole nitrogens is 1. The molecule has 2 aromatic carbocycles. The number of nitrogens with two attached hydrogens (primary N) is 1. The van der Waals surface area contributed by atoms with Gasteiger partial charge in [0.25, 0.3) is 5.69 Å². The van der Waals surface area contributed by atoms with Crippen LogP contribution in [0.1, 0.15) is 0 Å². The Morgan fingerprint density at radius 2 is 1.67 bits per heavy atom. The first-order chi connectivity index (χ1) is 10.3. The third kappa shape index (κ3) is 2.55. The van der Waals surface area contributed by atoms with Crippen molar-refractivity contribution in [1.29, 1.82) is 0 Å². The van der Waals surface area contributed by atoms with Crippen molar-refractivity contribution < 1.29 is 4.74 Å². The van der Waals surface area contributed by atoms with Gasteiger partial charge in [-0.3, -0.25) is 5.10 Å². The first-order valence-corrected chi connectivity index (χ1v) is 6.32. The van der Waals surface area contributed by atoms with Gasteiger partial charge in [-0.25, -0.2) is 4.85 Å². The van der Waals surface area contributed by atoms with E-state index in [0.717, 1.165) is 17.1 Å². The van der Waals surface area contributed by atoms with E-state index < -0.39 is 0 Å². The third-order valence-corrected chi connectivity index (χ3v) is 3.00. The summed E-state index contributed by atoms with van der Waals surface area (Å²) in [6, 6.07) is 16.9. The lowest BCUT2D eigenvalue weighted by molar-refractivity contribution is 0.483. The molecule has 0 aliphatic heterocycles. The van der Waals surface area contributed by atoms with Crippen LogP contribution in [0.15, 0.2) is 54.6 Å². The number of ether oxygens (including phenoxy) is 1. The minimum Gasteiger partial charge on any atom is -0.457 e. The Kier molecular flexibility index (Phi) is 3.27. The van der Waals surface area contributed by atoms with Gasteiger partial charge in [-0.05, 0) is 29.8 Å². The van der Waals surface area contributed by atoms with Gasteiger partial charge in [0.1, 0.15) is 11.5 Å². The molecule has 0 amide bonds. The molecule has 0 unspecified atom stereocenters. The normalized spacial score (nSPS) is 10.0. The number of hydrogen-bond acceptors (Lipinski definition) is 3. The predicted molar refractivity (Wildman–Crippen MR) is 81.2 cm³/mol. The lowest BCUT2D eigenvalue weighted by Gasteiger charge is -2.06. The van der Waals surface area contributed by atoms with Gasteiger partial charge < -0.3 is 10.5 Å². The van der Waals surface area contributed by atoms with E-state index >= 15 is 0 Å². The second kappa shape index (κ2) is 5.39. The highest BCUT2D eigenvalue weighted by molar-refractivity contribution is 5.82. The van der Waals surface area contributed by atoms with Gasteiger partial charge in [-0.1, -0.05) is 30.3 Å². The number of nitrogens with one attached hydrogen (secondary N) is 1. The van der Waals surface area contributed by atoms with E-state index in [2.05, 4.69) is 15.0 Å². The SMILES string of the molecule is [C-]#[N+]c1c(N)n[nH]c1-c1ccc(Oc2ccccc2)cc1. The maximum absolute atomic E-state index is 7.14. The number of anilines is 1. The highest BCUT2D eigenvalue weighted by Gasteiger charge is 2.12. The first-order valence-electron chi connectivity index (χ1n) is 6.32. The number of nitrogens with zero attached hydrogens (tertiary/aromatic N) is 2. The van der Waals surface area contributed by atoms with Gasteiger partial charge in [0.2, 0.25) is 0 Å². The van der Waals surface area contributed by atoms with Crippen molar-refractivity contribution >= 4 is 11.5 Å². The minimum absolute atomic E-state index is 0.213. The molecular weight excluding hydrogens is 264 g/mol. The molecule has 1 aromatic heterocycles. The largest absolute Gasteiger partial charge is 0.457 e. The Labute approximate surface area is 121 Å². The van der Waals surface area contributed by atoms with Crippen LogP contribution in [0.2, 0.25) is 0 Å². The van der Waals surface area contributed by atoms with E-state index in [-0.39, 0.29) is 5.82 Å². The second-order valence-electron chi connectivity index (χ2n) is 4.38. The topological polar surface area (TPSA) is 68.3 Å². The predicted octanol–water partition coefficient (Wildman–Crippen LogP) is 4.00. The van der Waals surface area contributed by atoms with E-state index in [1.54, 1.807) is 0 Å². The Bertz CT molecular complexity index is 785. The van der Waals surface area contributed by atoms with Gasteiger partial charge in [0.15, 0.2) is 5.82 Å². The molecule has 102 valence electrons. The van der Waals surface area contributed by atoms with E-state index in [4.69, 9.17) is 17.0 Å². The second-order valence-corrected chi connectivity index (χ2v) is 4.38. The smallest absolute Gasteiger partial charge is 0.254 e. The molecule has 3 N–H and O–H groups in total. The molecule has 0 bridgehead atoms. The average Bonchev–Trinajstić information content (AvgIpc) is 2.90. The average molecular weight is 276 g/mol. The highest BCUT2D eigenvalue weighted by Crippen LogP contribution is 2.34. The van der Waals surface area contributed by atoms with Gasteiger partial charge in [-0.15, -0.1) is 0 Å². The van der Waals surface area contributed by atoms with Crippen LogP contribution < -0.4 is 10.5 Å². The lowest BCUT2D eigenvalue weighted by Crippen LogP contribution is -1.84. The number of para-hydroxylation sites is 1. The van der Waals surface area contributed by atoms with E-state index in [0.29, 0.717) is 11.4 Å². The van der Waals surface area contributed by atoms with Gasteiger partial charge in [0.05, 0.1) is 12.3 Å². The van der Waals surface area contributed by atoms with Crippen molar-refractivity contribution in [2.24, 2.45) is 0 Å². The van der Waals surface area contributed by atoms with Crippen molar-refractivity contribution in [3.8, 4) is 22.8 Å². The molecule has 3 rings (SSSR count). The van der Waals surface area contributed by atoms with E-state index in [1.807, 2.05) is 54.6 Å². The summed E-state index contributed by atoms with van der Waals surface area (Å²) in [5.41, 5.74) is 7.44. The standard InChI is InChI=1S/C16H12N4O/c1-18-15-14(19-20-16(15)17)11-7-9-13(10-8-11)21-12-5-3-2-4-6-12/h2-10H,(H3,17,19,20). The van der Waals surface area contributed by atoms with Crippen LogP contribution in [0.4, 0.5) is 11.5 Å². The van der Waals surface area contributed by atoms with E-state index in [9.17, 15) is 0 Å². The molecule has 0 spiro atoms. The Morgan fingerprint density at radius 1 is 1.00 bits per heavy atom. The lowest BCUT2D eigenvalue weighted by atomic mass is 10.1. The molecule has 1 heterocycles. The number of hydrogen-bond donors (Lipinski definition) is 2. The minimum atomic E-state index is 0.213. The van der Waals surface area contributed by atoms with Gasteiger partial charge in [-0.2, -0.15) is 5.10 Å². The molecule has 0 saturated heterocycles. The Balaban J connectivity index is 1.86. The third-order valence-electron chi connectivity index (χ3n) is 3.00. The molecule has 0 aliphatic rings. The fraction of sp³-hybridized carbons (Fsp3) is 0. The number of nitrogen functional groups attached to an aromatic ring is 1. The van der Waals surface area contributed by atoms with Gasteiger partial charge in [0, 0.05) is 0 Å². The molecule has 5 nitrogen and oxygen atoms in total. The number of rotatable bonds is 3. The Hall–Kier alpha value is -3.26. The highest BCUT2D eigenvalue weighted by atomic mass is 16.5. The molecule has 0 saturated carbocycles. The summed E-state index contributed by atoms with van der Waals surface area (Å²) in [6.45, 7) is 7.14. The summed E-state index contributed by atoms with van der Waals surface area (Å²) >= 11 is 0. The summed E-state index contributed by atoms with van der Waals surface area (Å²) in [4.78, 5) is 3.40. The van der Waals surface area contributed by atoms with Crippen LogP contribution in [-0.4, -0.2) is 10.2 Å². The fourth-order valence-corrected chi connectivity index (χ4v) is 1.98. The maximum Gasteiger partial charge on any atom is 0.254 e. The van der Waals surface area contributed by atoms with Crippen molar-refractivity contribution in [1.82, 2.24) is 10.2 Å². The van der Waals surface area contributed by atoms with Crippen LogP contribution in [0.5, 0.6) is 11.5 Å². The molecule has 21 heavy (non-hydrogen) atoms. The van der Waals surface area contributed by atoms with Crippen molar-refractivity contribution in [2.75, 3.05) is 5.73 Å². The molecular formula is C16H12N4O. The van der Waals surface area contributed by atoms with Crippen molar-refractivity contribution in [3.05, 3.63) is 66.0 Å². The Morgan fingerprint density at radius 3 is 2.33 bits per heavy atom. The van der Waals surface area contributed by atoms with Crippen LogP contribution in [0, 0.1) is 6.57 Å². The fourth-order valence-electron chi connectivity index (χ4n) is 1.98. The zero-order chi connectivity index (χ0) is 14.7. The maximum atomic E-state index is 7.14. The molecule has 0 aliphatic carbocycles. The molecule has 3 aromatic rings. The molecule has 0 fully saturated rings. The van der Waals surface area contributed by atoms with Crippen molar-refractivity contribution in [2.45, 2.75) is 0 Å². The van der Waals surface area contributed by atoms with Crippen LogP contribution >= 0.6 is 0 Å². The summed E-state index contributed by atoms with van der Waals surface area (Å²) in [5, 5.41) is 6.64. The quantitative estimate of drug-likeness (QED) is 0.710. The van der Waals surface area contributed by atoms with Crippen LogP contribution in [0.3, 0.4) is 0 Å². The summed E-state index contributed by atoms with van der Waals surface area (Å²) in [6.07, 6.45) is 0. The van der Waals surface area contributed by atoms with Crippen LogP contribution in [0.25, 0.3) is 16.1 Å². The molecule has 5 heteroatoms. The molecule has 0 atom stereocenters. The summed E-state index contributed by atoms with van der Waals surface area (Å²) < 4.78 is 5.72. The number of aromatic amines is 1. The van der Waals surface area contributed by atoms with Gasteiger partial charge >= 0.3 is 0 Å². The summed E-state index contributed by atoms with van der Waals surface area (Å²) in [7, 11) is 0. The zero-order valence-corrected chi connectivity index (χ0v) is 11.1. The monoisotopic (exact) mass is 276 g/mol. The molecule has 0 radical (unpaired) electrons.